The molecule has 6 nitrogen and oxygen atoms in total. The molecule has 2 heterocycles. The molecule has 0 aliphatic carbocycles. The van der Waals surface area contributed by atoms with E-state index in [0.29, 0.717) is 28.7 Å². The number of imidazole rings is 1. The number of halogens is 1. The first-order chi connectivity index (χ1) is 13.1. The average molecular weight is 367 g/mol. The van der Waals surface area contributed by atoms with E-state index in [4.69, 9.17) is 9.47 Å². The first-order valence-corrected chi connectivity index (χ1v) is 8.46. The van der Waals surface area contributed by atoms with Crippen LogP contribution in [0.3, 0.4) is 0 Å². The average Bonchev–Trinajstić information content (AvgIpc) is 3.10. The van der Waals surface area contributed by atoms with Gasteiger partial charge in [0.05, 0.1) is 25.6 Å². The third-order valence-corrected chi connectivity index (χ3v) is 4.67. The van der Waals surface area contributed by atoms with Gasteiger partial charge in [0.2, 0.25) is 5.91 Å². The predicted molar refractivity (Wildman–Crippen MR) is 98.2 cm³/mol. The molecule has 1 aromatic heterocycles. The number of ether oxygens (including phenoxy) is 2. The lowest BCUT2D eigenvalue weighted by molar-refractivity contribution is -0.116. The highest BCUT2D eigenvalue weighted by Gasteiger charge is 2.33. The van der Waals surface area contributed by atoms with Crippen LogP contribution in [0.2, 0.25) is 0 Å². The smallest absolute Gasteiger partial charge is 0.226 e. The Morgan fingerprint density at radius 3 is 2.74 bits per heavy atom. The predicted octanol–water partition coefficient (Wildman–Crippen LogP) is 3.50. The van der Waals surface area contributed by atoms with Gasteiger partial charge in [-0.2, -0.15) is 0 Å². The number of hydrogen-bond donors (Lipinski definition) is 1. The number of nitrogens with one attached hydrogen (secondary N) is 1. The molecule has 0 bridgehead atoms. The normalized spacial score (nSPS) is 15.8. The van der Waals surface area contributed by atoms with Gasteiger partial charge in [-0.25, -0.2) is 9.37 Å². The molecule has 1 aliphatic heterocycles. The molecule has 1 N–H and O–H groups in total. The van der Waals surface area contributed by atoms with Crippen LogP contribution in [0.25, 0.3) is 5.69 Å². The summed E-state index contributed by atoms with van der Waals surface area (Å²) in [4.78, 5) is 16.9. The van der Waals surface area contributed by atoms with Gasteiger partial charge in [0, 0.05) is 17.9 Å². The van der Waals surface area contributed by atoms with E-state index in [0.717, 1.165) is 5.56 Å². The Morgan fingerprint density at radius 2 is 2.00 bits per heavy atom. The summed E-state index contributed by atoms with van der Waals surface area (Å²) in [5, 5.41) is 2.86. The van der Waals surface area contributed by atoms with Gasteiger partial charge in [0.1, 0.15) is 18.0 Å². The van der Waals surface area contributed by atoms with Gasteiger partial charge in [0.25, 0.3) is 0 Å². The first kappa shape index (κ1) is 17.1. The topological polar surface area (TPSA) is 65.4 Å². The minimum atomic E-state index is -0.358. The van der Waals surface area contributed by atoms with E-state index in [9.17, 15) is 9.18 Å². The van der Waals surface area contributed by atoms with Crippen LogP contribution in [0, 0.1) is 5.82 Å². The fourth-order valence-electron chi connectivity index (χ4n) is 3.47. The molecule has 4 rings (SSSR count). The molecule has 1 amide bonds. The highest BCUT2D eigenvalue weighted by molar-refractivity contribution is 5.94. The largest absolute Gasteiger partial charge is 0.493 e. The van der Waals surface area contributed by atoms with Crippen molar-refractivity contribution in [3.63, 3.8) is 0 Å². The van der Waals surface area contributed by atoms with Gasteiger partial charge < -0.3 is 14.8 Å². The van der Waals surface area contributed by atoms with E-state index in [1.807, 2.05) is 12.1 Å². The molecule has 0 spiro atoms. The van der Waals surface area contributed by atoms with Crippen LogP contribution >= 0.6 is 0 Å². The van der Waals surface area contributed by atoms with Gasteiger partial charge in [0.15, 0.2) is 11.5 Å². The number of hydrogen-bond acceptors (Lipinski definition) is 4. The van der Waals surface area contributed by atoms with Crippen LogP contribution in [-0.2, 0) is 4.79 Å². The second kappa shape index (κ2) is 6.75. The summed E-state index contributed by atoms with van der Waals surface area (Å²) >= 11 is 0. The number of benzene rings is 2. The lowest BCUT2D eigenvalue weighted by Crippen LogP contribution is -2.25. The number of rotatable bonds is 4. The summed E-state index contributed by atoms with van der Waals surface area (Å²) in [6, 6.07) is 11.7. The molecule has 0 saturated heterocycles. The number of carbonyl (C=O) groups is 1. The Hall–Kier alpha value is -3.35. The molecule has 138 valence electrons. The van der Waals surface area contributed by atoms with Crippen molar-refractivity contribution < 1.29 is 18.7 Å². The monoisotopic (exact) mass is 367 g/mol. The number of para-hydroxylation sites is 1. The quantitative estimate of drug-likeness (QED) is 0.766. The van der Waals surface area contributed by atoms with E-state index in [2.05, 4.69) is 10.3 Å². The zero-order chi connectivity index (χ0) is 19.0. The van der Waals surface area contributed by atoms with E-state index >= 15 is 0 Å². The van der Waals surface area contributed by atoms with Crippen molar-refractivity contribution in [2.24, 2.45) is 0 Å². The number of amides is 1. The maximum Gasteiger partial charge on any atom is 0.226 e. The van der Waals surface area contributed by atoms with Crippen LogP contribution in [0.1, 0.15) is 23.6 Å². The Labute approximate surface area is 155 Å². The number of fused-ring (bicyclic) bond motifs is 1. The van der Waals surface area contributed by atoms with Crippen LogP contribution in [0.4, 0.5) is 10.2 Å². The summed E-state index contributed by atoms with van der Waals surface area (Å²) in [5.41, 5.74) is 2.10. The van der Waals surface area contributed by atoms with Crippen molar-refractivity contribution in [2.45, 2.75) is 12.3 Å². The molecule has 1 aliphatic rings. The van der Waals surface area contributed by atoms with Gasteiger partial charge in [-0.1, -0.05) is 18.2 Å². The van der Waals surface area contributed by atoms with Crippen LogP contribution < -0.4 is 14.8 Å². The summed E-state index contributed by atoms with van der Waals surface area (Å²) in [7, 11) is 3.13. The SMILES string of the molecule is COc1cccc([C@@H]2CC(=O)Nc3c2ncn3-c2cccc(F)c2)c1OC. The van der Waals surface area contributed by atoms with Gasteiger partial charge in [-0.05, 0) is 24.3 Å². The molecule has 1 atom stereocenters. The standard InChI is InChI=1S/C20H18FN3O3/c1-26-16-8-4-7-14(19(16)27-2)15-10-17(25)23-20-18(15)22-11-24(20)13-6-3-5-12(21)9-13/h3-9,11,15H,10H2,1-2H3,(H,23,25)/t15-/m0/s1. The first-order valence-electron chi connectivity index (χ1n) is 8.46. The van der Waals surface area contributed by atoms with Gasteiger partial charge in [-0.15, -0.1) is 0 Å². The Morgan fingerprint density at radius 1 is 1.19 bits per heavy atom. The van der Waals surface area contributed by atoms with Crippen LogP contribution in [0.5, 0.6) is 11.5 Å². The Balaban J connectivity index is 1.85. The second-order valence-corrected chi connectivity index (χ2v) is 6.22. The van der Waals surface area contributed by atoms with Crippen molar-refractivity contribution >= 4 is 11.7 Å². The Kier molecular flexibility index (Phi) is 4.27. The summed E-state index contributed by atoms with van der Waals surface area (Å²) < 4.78 is 26.2. The zero-order valence-electron chi connectivity index (χ0n) is 14.9. The van der Waals surface area contributed by atoms with Crippen LogP contribution in [0.15, 0.2) is 48.8 Å². The van der Waals surface area contributed by atoms with Gasteiger partial charge in [-0.3, -0.25) is 9.36 Å². The number of anilines is 1. The maximum absolute atomic E-state index is 13.6. The molecule has 3 aromatic rings. The number of nitrogens with zero attached hydrogens (tertiary/aromatic N) is 2. The van der Waals surface area contributed by atoms with E-state index in [1.54, 1.807) is 43.3 Å². The second-order valence-electron chi connectivity index (χ2n) is 6.22. The summed E-state index contributed by atoms with van der Waals surface area (Å²) in [6.07, 6.45) is 1.82. The number of carbonyl (C=O) groups excluding carboxylic acids is 1. The fourth-order valence-corrected chi connectivity index (χ4v) is 3.47. The molecule has 0 fully saturated rings. The van der Waals surface area contributed by atoms with Gasteiger partial charge >= 0.3 is 0 Å². The fraction of sp³-hybridized carbons (Fsp3) is 0.200. The van der Waals surface area contributed by atoms with Crippen molar-refractivity contribution in [2.75, 3.05) is 19.5 Å². The molecule has 0 saturated carbocycles. The van der Waals surface area contributed by atoms with Crippen molar-refractivity contribution in [3.05, 3.63) is 65.9 Å². The van der Waals surface area contributed by atoms with Crippen LogP contribution in [-0.4, -0.2) is 29.7 Å². The van der Waals surface area contributed by atoms with Crippen molar-refractivity contribution in [1.29, 1.82) is 0 Å². The molecule has 0 radical (unpaired) electrons. The summed E-state index contributed by atoms with van der Waals surface area (Å²) in [5.74, 6) is 0.900. The summed E-state index contributed by atoms with van der Waals surface area (Å²) in [6.45, 7) is 0. The van der Waals surface area contributed by atoms with E-state index in [1.165, 1.54) is 12.1 Å². The minimum absolute atomic E-state index is 0.143. The molecule has 27 heavy (non-hydrogen) atoms. The highest BCUT2D eigenvalue weighted by atomic mass is 19.1. The number of aromatic nitrogens is 2. The van der Waals surface area contributed by atoms with Crippen molar-refractivity contribution in [3.8, 4) is 17.2 Å². The number of methoxy groups -OCH3 is 2. The maximum atomic E-state index is 13.6. The lowest BCUT2D eigenvalue weighted by atomic mass is 9.89. The molecule has 7 heteroatoms. The zero-order valence-corrected chi connectivity index (χ0v) is 14.9. The molecule has 0 unspecified atom stereocenters. The Bertz CT molecular complexity index is 1020. The third-order valence-electron chi connectivity index (χ3n) is 4.67. The molecular weight excluding hydrogens is 349 g/mol. The minimum Gasteiger partial charge on any atom is -0.493 e. The van der Waals surface area contributed by atoms with E-state index < -0.39 is 0 Å². The van der Waals surface area contributed by atoms with Crippen molar-refractivity contribution in [1.82, 2.24) is 9.55 Å². The highest BCUT2D eigenvalue weighted by Crippen LogP contribution is 2.43. The lowest BCUT2D eigenvalue weighted by Gasteiger charge is -2.25. The third kappa shape index (κ3) is 2.91. The van der Waals surface area contributed by atoms with E-state index in [-0.39, 0.29) is 24.1 Å². The molecule has 2 aromatic carbocycles. The molecular formula is C20H18FN3O3.